The average molecular weight is 310 g/mol. The normalized spacial score (nSPS) is 13.8. The van der Waals surface area contributed by atoms with Crippen LogP contribution in [0.25, 0.3) is 0 Å². The van der Waals surface area contributed by atoms with Crippen LogP contribution in [0.3, 0.4) is 0 Å². The Balaban J connectivity index is 2.35. The van der Waals surface area contributed by atoms with E-state index in [1.165, 1.54) is 0 Å². The first kappa shape index (κ1) is 15.2. The van der Waals surface area contributed by atoms with Crippen molar-refractivity contribution in [2.75, 3.05) is 0 Å². The van der Waals surface area contributed by atoms with Gasteiger partial charge in [-0.15, -0.1) is 0 Å². The minimum atomic E-state index is -0.325. The molecule has 0 aliphatic rings. The zero-order valence-corrected chi connectivity index (χ0v) is 12.7. The number of rotatable bonds is 5. The second-order valence-corrected chi connectivity index (χ2v) is 5.38. The van der Waals surface area contributed by atoms with Crippen molar-refractivity contribution in [1.29, 1.82) is 0 Å². The average Bonchev–Trinajstić information content (AvgIpc) is 2.47. The largest absolute Gasteiger partial charge is 0.482 e. The Morgan fingerprint density at radius 3 is 2.20 bits per heavy atom. The summed E-state index contributed by atoms with van der Waals surface area (Å²) in [5.41, 5.74) is 7.07. The van der Waals surface area contributed by atoms with Gasteiger partial charge in [0.15, 0.2) is 0 Å². The maximum Gasteiger partial charge on any atom is 0.140 e. The van der Waals surface area contributed by atoms with Gasteiger partial charge in [-0.05, 0) is 24.6 Å². The van der Waals surface area contributed by atoms with Crippen molar-refractivity contribution in [1.82, 2.24) is 0 Å². The van der Waals surface area contributed by atoms with Gasteiger partial charge in [0.1, 0.15) is 11.9 Å². The fourth-order valence-corrected chi connectivity index (χ4v) is 2.40. The summed E-state index contributed by atoms with van der Waals surface area (Å²) in [6, 6.07) is 14.8. The van der Waals surface area contributed by atoms with E-state index < -0.39 is 0 Å². The lowest BCUT2D eigenvalue weighted by molar-refractivity contribution is 0.171. The van der Waals surface area contributed by atoms with E-state index in [2.05, 4.69) is 0 Å². The summed E-state index contributed by atoms with van der Waals surface area (Å²) >= 11 is 12.4. The zero-order valence-electron chi connectivity index (χ0n) is 11.2. The highest BCUT2D eigenvalue weighted by Crippen LogP contribution is 2.33. The maximum atomic E-state index is 6.26. The van der Waals surface area contributed by atoms with Crippen molar-refractivity contribution in [3.05, 3.63) is 64.1 Å². The van der Waals surface area contributed by atoms with Crippen molar-refractivity contribution >= 4 is 23.2 Å². The van der Waals surface area contributed by atoms with Gasteiger partial charge in [0, 0.05) is 16.6 Å². The van der Waals surface area contributed by atoms with E-state index in [1.54, 1.807) is 6.07 Å². The third-order valence-electron chi connectivity index (χ3n) is 3.16. The van der Waals surface area contributed by atoms with Gasteiger partial charge < -0.3 is 10.5 Å². The molecule has 0 fully saturated rings. The van der Waals surface area contributed by atoms with Gasteiger partial charge in [0.25, 0.3) is 0 Å². The van der Waals surface area contributed by atoms with Crippen molar-refractivity contribution in [3.63, 3.8) is 0 Å². The summed E-state index contributed by atoms with van der Waals surface area (Å²) in [4.78, 5) is 0. The summed E-state index contributed by atoms with van der Waals surface area (Å²) < 4.78 is 6.02. The third-order valence-corrected chi connectivity index (χ3v) is 3.82. The van der Waals surface area contributed by atoms with Gasteiger partial charge in [0.2, 0.25) is 0 Å². The molecule has 2 nitrogen and oxygen atoms in total. The molecule has 0 heterocycles. The standard InChI is InChI=1S/C16H17Cl2NO/c1-2-14(19)16(11-7-3-4-8-12(11)17)20-15-10-6-5-9-13(15)18/h3-10,14,16H,2,19H2,1H3. The number of hydrogen-bond acceptors (Lipinski definition) is 2. The molecule has 0 radical (unpaired) electrons. The number of ether oxygens (including phenoxy) is 1. The smallest absolute Gasteiger partial charge is 0.140 e. The molecule has 2 aromatic rings. The van der Waals surface area contributed by atoms with Crippen LogP contribution in [0.15, 0.2) is 48.5 Å². The van der Waals surface area contributed by atoms with Gasteiger partial charge in [-0.2, -0.15) is 0 Å². The fraction of sp³-hybridized carbons (Fsp3) is 0.250. The van der Waals surface area contributed by atoms with Gasteiger partial charge in [-0.3, -0.25) is 0 Å². The minimum absolute atomic E-state index is 0.161. The molecule has 4 heteroatoms. The van der Waals surface area contributed by atoms with Crippen LogP contribution in [0, 0.1) is 0 Å². The molecular formula is C16H17Cl2NO. The molecule has 2 rings (SSSR count). The molecule has 20 heavy (non-hydrogen) atoms. The van der Waals surface area contributed by atoms with Crippen LogP contribution in [-0.2, 0) is 0 Å². The monoisotopic (exact) mass is 309 g/mol. The number of para-hydroxylation sites is 1. The van der Waals surface area contributed by atoms with Crippen LogP contribution in [0.5, 0.6) is 5.75 Å². The molecular weight excluding hydrogens is 293 g/mol. The SMILES string of the molecule is CCC(N)C(Oc1ccccc1Cl)c1ccccc1Cl. The van der Waals surface area contributed by atoms with Crippen molar-refractivity contribution in [3.8, 4) is 5.75 Å². The van der Waals surface area contributed by atoms with Gasteiger partial charge in [-0.25, -0.2) is 0 Å². The van der Waals surface area contributed by atoms with Crippen LogP contribution < -0.4 is 10.5 Å². The Morgan fingerprint density at radius 1 is 1.00 bits per heavy atom. The molecule has 2 unspecified atom stereocenters. The Labute approximate surface area is 129 Å². The minimum Gasteiger partial charge on any atom is -0.482 e. The molecule has 0 saturated carbocycles. The zero-order chi connectivity index (χ0) is 14.5. The lowest BCUT2D eigenvalue weighted by Crippen LogP contribution is -2.31. The number of nitrogens with two attached hydrogens (primary N) is 1. The summed E-state index contributed by atoms with van der Waals surface area (Å²) in [6.45, 7) is 2.02. The molecule has 0 bridgehead atoms. The summed E-state index contributed by atoms with van der Waals surface area (Å²) in [5, 5.41) is 1.21. The predicted molar refractivity (Wildman–Crippen MR) is 84.5 cm³/mol. The first-order valence-corrected chi connectivity index (χ1v) is 7.30. The summed E-state index contributed by atoms with van der Waals surface area (Å²) in [7, 11) is 0. The van der Waals surface area contributed by atoms with Gasteiger partial charge in [0.05, 0.1) is 5.02 Å². The highest BCUT2D eigenvalue weighted by atomic mass is 35.5. The Morgan fingerprint density at radius 2 is 1.60 bits per heavy atom. The predicted octanol–water partition coefficient (Wildman–Crippen LogP) is 4.85. The lowest BCUT2D eigenvalue weighted by atomic mass is 10.0. The Kier molecular flexibility index (Phi) is 5.30. The number of hydrogen-bond donors (Lipinski definition) is 1. The molecule has 0 aromatic heterocycles. The van der Waals surface area contributed by atoms with Crippen LogP contribution in [0.1, 0.15) is 25.0 Å². The first-order valence-electron chi connectivity index (χ1n) is 6.54. The van der Waals surface area contributed by atoms with Crippen LogP contribution in [0.4, 0.5) is 0 Å². The van der Waals surface area contributed by atoms with E-state index >= 15 is 0 Å². The van der Waals surface area contributed by atoms with Crippen molar-refractivity contribution in [2.24, 2.45) is 5.73 Å². The van der Waals surface area contributed by atoms with E-state index in [9.17, 15) is 0 Å². The Bertz CT molecular complexity index is 574. The molecule has 2 atom stereocenters. The van der Waals surface area contributed by atoms with E-state index in [0.717, 1.165) is 12.0 Å². The molecule has 0 saturated heterocycles. The molecule has 0 amide bonds. The number of benzene rings is 2. The fourth-order valence-electron chi connectivity index (χ4n) is 1.98. The molecule has 2 aromatic carbocycles. The maximum absolute atomic E-state index is 6.26. The molecule has 2 N–H and O–H groups in total. The highest BCUT2D eigenvalue weighted by molar-refractivity contribution is 6.32. The third kappa shape index (κ3) is 3.45. The second-order valence-electron chi connectivity index (χ2n) is 4.56. The lowest BCUT2D eigenvalue weighted by Gasteiger charge is -2.26. The highest BCUT2D eigenvalue weighted by Gasteiger charge is 2.23. The van der Waals surface area contributed by atoms with Gasteiger partial charge in [-0.1, -0.05) is 60.5 Å². The van der Waals surface area contributed by atoms with E-state index in [4.69, 9.17) is 33.7 Å². The summed E-state index contributed by atoms with van der Waals surface area (Å²) in [6.07, 6.45) is 0.453. The second kappa shape index (κ2) is 6.98. The first-order chi connectivity index (χ1) is 9.63. The molecule has 0 aliphatic heterocycles. The number of halogens is 2. The Hall–Kier alpha value is -1.22. The van der Waals surface area contributed by atoms with E-state index in [0.29, 0.717) is 15.8 Å². The van der Waals surface area contributed by atoms with E-state index in [-0.39, 0.29) is 12.1 Å². The van der Waals surface area contributed by atoms with E-state index in [1.807, 2.05) is 49.4 Å². The van der Waals surface area contributed by atoms with Crippen molar-refractivity contribution in [2.45, 2.75) is 25.5 Å². The quantitative estimate of drug-likeness (QED) is 0.856. The summed E-state index contributed by atoms with van der Waals surface area (Å²) in [5.74, 6) is 0.614. The van der Waals surface area contributed by atoms with Crippen LogP contribution in [-0.4, -0.2) is 6.04 Å². The molecule has 106 valence electrons. The van der Waals surface area contributed by atoms with Crippen LogP contribution >= 0.6 is 23.2 Å². The van der Waals surface area contributed by atoms with Crippen molar-refractivity contribution < 1.29 is 4.74 Å². The van der Waals surface area contributed by atoms with Crippen LogP contribution in [0.2, 0.25) is 10.0 Å². The molecule has 0 aliphatic carbocycles. The topological polar surface area (TPSA) is 35.2 Å². The molecule has 0 spiro atoms. The van der Waals surface area contributed by atoms with Gasteiger partial charge >= 0.3 is 0 Å².